The van der Waals surface area contributed by atoms with Crippen molar-refractivity contribution in [1.82, 2.24) is 19.2 Å². The van der Waals surface area contributed by atoms with Gasteiger partial charge in [0.25, 0.3) is 0 Å². The van der Waals surface area contributed by atoms with E-state index in [1.54, 1.807) is 21.8 Å². The zero-order valence-corrected chi connectivity index (χ0v) is 15.1. The van der Waals surface area contributed by atoms with Crippen LogP contribution < -0.4 is 0 Å². The van der Waals surface area contributed by atoms with Crippen molar-refractivity contribution >= 4 is 21.4 Å². The van der Waals surface area contributed by atoms with E-state index in [-0.39, 0.29) is 11.2 Å². The van der Waals surface area contributed by atoms with Crippen molar-refractivity contribution in [2.75, 3.05) is 19.6 Å². The van der Waals surface area contributed by atoms with Gasteiger partial charge in [0, 0.05) is 43.7 Å². The molecule has 2 saturated heterocycles. The van der Waals surface area contributed by atoms with Gasteiger partial charge in [0.1, 0.15) is 0 Å². The molecule has 0 spiro atoms. The molecule has 0 aromatic carbocycles. The Balaban J connectivity index is 1.44. The van der Waals surface area contributed by atoms with E-state index in [0.717, 1.165) is 22.9 Å². The monoisotopic (exact) mass is 364 g/mol. The Morgan fingerprint density at radius 1 is 1.21 bits per heavy atom. The molecule has 6 nitrogen and oxygen atoms in total. The highest BCUT2D eigenvalue weighted by molar-refractivity contribution is 7.90. The topological polar surface area (TPSA) is 66.4 Å². The zero-order chi connectivity index (χ0) is 16.7. The number of nitrogens with zero attached hydrogens (tertiary/aromatic N) is 4. The van der Waals surface area contributed by atoms with Crippen LogP contribution in [0.3, 0.4) is 0 Å². The van der Waals surface area contributed by atoms with Crippen LogP contribution in [0.4, 0.5) is 0 Å². The molecule has 2 aromatic rings. The maximum absolute atomic E-state index is 12.8. The van der Waals surface area contributed by atoms with Crippen LogP contribution in [0.2, 0.25) is 0 Å². The highest BCUT2D eigenvalue weighted by Gasteiger charge is 2.50. The van der Waals surface area contributed by atoms with Gasteiger partial charge in [-0.3, -0.25) is 9.88 Å². The van der Waals surface area contributed by atoms with Gasteiger partial charge < -0.3 is 0 Å². The summed E-state index contributed by atoms with van der Waals surface area (Å²) in [7, 11) is -3.24. The third-order valence-electron chi connectivity index (χ3n) is 4.75. The molecular formula is C16H20N4O2S2. The van der Waals surface area contributed by atoms with Crippen molar-refractivity contribution in [1.29, 1.82) is 0 Å². The third kappa shape index (κ3) is 2.99. The summed E-state index contributed by atoms with van der Waals surface area (Å²) in [4.78, 5) is 10.9. The number of rotatable bonds is 4. The second kappa shape index (κ2) is 6.18. The summed E-state index contributed by atoms with van der Waals surface area (Å²) in [6.07, 6.45) is 1.78. The van der Waals surface area contributed by atoms with Crippen LogP contribution in [-0.4, -0.2) is 52.5 Å². The number of aryl methyl sites for hydroxylation is 1. The molecule has 2 aliphatic rings. The van der Waals surface area contributed by atoms with E-state index in [1.807, 2.05) is 30.5 Å². The van der Waals surface area contributed by atoms with Crippen LogP contribution in [0.15, 0.2) is 29.8 Å². The third-order valence-corrected chi connectivity index (χ3v) is 7.87. The second-order valence-corrected chi connectivity index (χ2v) is 9.72. The molecule has 0 aliphatic carbocycles. The minimum Gasteiger partial charge on any atom is -0.296 e. The van der Waals surface area contributed by atoms with Gasteiger partial charge in [0.05, 0.1) is 28.2 Å². The number of sulfonamides is 1. The SMILES string of the molecule is Cc1nc(CN2C[C@H]3CN(Cc4ccccn4)C[C@@H]3S2(=O)=O)cs1. The number of thiazole rings is 1. The standard InChI is InChI=1S/C16H20N4O2S2/c1-12-18-15(11-23-12)9-20-7-13-6-19(10-16(13)24(20,21)22)8-14-4-2-3-5-17-14/h2-5,11,13,16H,6-10H2,1H3/t13-,16+/m1/s1. The van der Waals surface area contributed by atoms with Crippen LogP contribution in [0.1, 0.15) is 16.4 Å². The van der Waals surface area contributed by atoms with Crippen molar-refractivity contribution in [3.05, 3.63) is 46.2 Å². The lowest BCUT2D eigenvalue weighted by atomic mass is 10.1. The molecule has 8 heteroatoms. The predicted octanol–water partition coefficient (Wildman–Crippen LogP) is 1.49. The first-order chi connectivity index (χ1) is 11.5. The van der Waals surface area contributed by atoms with Gasteiger partial charge >= 0.3 is 0 Å². The van der Waals surface area contributed by atoms with E-state index in [1.165, 1.54) is 0 Å². The van der Waals surface area contributed by atoms with E-state index in [4.69, 9.17) is 0 Å². The molecule has 0 bridgehead atoms. The summed E-state index contributed by atoms with van der Waals surface area (Å²) in [5, 5.41) is 2.64. The van der Waals surface area contributed by atoms with Gasteiger partial charge in [-0.2, -0.15) is 4.31 Å². The molecule has 0 saturated carbocycles. The van der Waals surface area contributed by atoms with Crippen LogP contribution in [-0.2, 0) is 23.1 Å². The fourth-order valence-electron chi connectivity index (χ4n) is 3.66. The second-order valence-electron chi connectivity index (χ2n) is 6.51. The van der Waals surface area contributed by atoms with Crippen molar-refractivity contribution < 1.29 is 8.42 Å². The molecule has 0 amide bonds. The molecule has 2 aliphatic heterocycles. The maximum atomic E-state index is 12.8. The smallest absolute Gasteiger partial charge is 0.218 e. The normalized spacial score (nSPS) is 26.7. The van der Waals surface area contributed by atoms with Gasteiger partial charge in [-0.05, 0) is 19.1 Å². The summed E-state index contributed by atoms with van der Waals surface area (Å²) in [6.45, 7) is 5.07. The van der Waals surface area contributed by atoms with E-state index < -0.39 is 10.0 Å². The van der Waals surface area contributed by atoms with Crippen LogP contribution in [0.25, 0.3) is 0 Å². The molecule has 2 aromatic heterocycles. The van der Waals surface area contributed by atoms with Gasteiger partial charge in [-0.25, -0.2) is 13.4 Å². The van der Waals surface area contributed by atoms with Crippen LogP contribution in [0, 0.1) is 12.8 Å². The van der Waals surface area contributed by atoms with Crippen molar-refractivity contribution in [3.8, 4) is 0 Å². The number of aromatic nitrogens is 2. The van der Waals surface area contributed by atoms with Crippen molar-refractivity contribution in [2.24, 2.45) is 5.92 Å². The summed E-state index contributed by atoms with van der Waals surface area (Å²) in [5.74, 6) is 0.179. The number of pyridine rings is 1. The summed E-state index contributed by atoms with van der Waals surface area (Å²) >= 11 is 1.56. The lowest BCUT2D eigenvalue weighted by molar-refractivity contribution is 0.291. The average molecular weight is 364 g/mol. The molecule has 128 valence electrons. The molecule has 0 radical (unpaired) electrons. The summed E-state index contributed by atoms with van der Waals surface area (Å²) < 4.78 is 27.3. The van der Waals surface area contributed by atoms with E-state index in [9.17, 15) is 8.42 Å². The minimum absolute atomic E-state index is 0.179. The first-order valence-corrected chi connectivity index (χ1v) is 10.4. The molecule has 4 heterocycles. The number of likely N-dealkylation sites (tertiary alicyclic amines) is 1. The minimum atomic E-state index is -3.24. The number of fused-ring (bicyclic) bond motifs is 1. The molecule has 2 atom stereocenters. The van der Waals surface area contributed by atoms with Crippen LogP contribution >= 0.6 is 11.3 Å². The van der Waals surface area contributed by atoms with E-state index in [0.29, 0.717) is 26.2 Å². The van der Waals surface area contributed by atoms with Crippen molar-refractivity contribution in [2.45, 2.75) is 25.3 Å². The largest absolute Gasteiger partial charge is 0.296 e. The molecule has 24 heavy (non-hydrogen) atoms. The fourth-order valence-corrected chi connectivity index (χ4v) is 6.42. The average Bonchev–Trinajstić information content (AvgIpc) is 3.19. The summed E-state index contributed by atoms with van der Waals surface area (Å²) in [6, 6.07) is 5.85. The molecule has 0 unspecified atom stereocenters. The predicted molar refractivity (Wildman–Crippen MR) is 93.0 cm³/mol. The Morgan fingerprint density at radius 2 is 2.08 bits per heavy atom. The number of hydrogen-bond donors (Lipinski definition) is 0. The highest BCUT2D eigenvalue weighted by atomic mass is 32.2. The Labute approximate surface area is 146 Å². The first kappa shape index (κ1) is 16.1. The van der Waals surface area contributed by atoms with Gasteiger partial charge in [0.15, 0.2) is 0 Å². The highest BCUT2D eigenvalue weighted by Crippen LogP contribution is 2.35. The molecule has 0 N–H and O–H groups in total. The van der Waals surface area contributed by atoms with Crippen molar-refractivity contribution in [3.63, 3.8) is 0 Å². The zero-order valence-electron chi connectivity index (χ0n) is 13.5. The lowest BCUT2D eigenvalue weighted by Crippen LogP contribution is -2.34. The Bertz CT molecular complexity index is 822. The van der Waals surface area contributed by atoms with Gasteiger partial charge in [-0.15, -0.1) is 11.3 Å². The molecule has 2 fully saturated rings. The van der Waals surface area contributed by atoms with E-state index >= 15 is 0 Å². The van der Waals surface area contributed by atoms with Crippen LogP contribution in [0.5, 0.6) is 0 Å². The lowest BCUT2D eigenvalue weighted by Gasteiger charge is -2.20. The van der Waals surface area contributed by atoms with E-state index in [2.05, 4.69) is 14.9 Å². The first-order valence-electron chi connectivity index (χ1n) is 8.04. The Morgan fingerprint density at radius 3 is 2.75 bits per heavy atom. The number of hydrogen-bond acceptors (Lipinski definition) is 6. The Hall–Kier alpha value is -1.35. The molecule has 4 rings (SSSR count). The van der Waals surface area contributed by atoms with Gasteiger partial charge in [0.2, 0.25) is 10.0 Å². The Kier molecular flexibility index (Phi) is 4.16. The van der Waals surface area contributed by atoms with Gasteiger partial charge in [-0.1, -0.05) is 6.07 Å². The molecular weight excluding hydrogens is 344 g/mol. The summed E-state index contributed by atoms with van der Waals surface area (Å²) in [5.41, 5.74) is 1.84. The fraction of sp³-hybridized carbons (Fsp3) is 0.500. The maximum Gasteiger partial charge on any atom is 0.218 e. The quantitative estimate of drug-likeness (QED) is 0.822.